The fraction of sp³-hybridized carbons (Fsp3) is 0.647. The number of hydrogen-bond acceptors (Lipinski definition) is 3. The van der Waals surface area contributed by atoms with Crippen LogP contribution in [0.3, 0.4) is 0 Å². The molecular formula is C17H25NO2. The van der Waals surface area contributed by atoms with Crippen LogP contribution in [-0.2, 0) is 0 Å². The van der Waals surface area contributed by atoms with Crippen molar-refractivity contribution in [2.24, 2.45) is 5.41 Å². The molecule has 1 heterocycles. The highest BCUT2D eigenvalue weighted by molar-refractivity contribution is 5.43. The van der Waals surface area contributed by atoms with Crippen molar-refractivity contribution >= 4 is 0 Å². The van der Waals surface area contributed by atoms with E-state index in [1.54, 1.807) is 14.2 Å². The molecule has 1 saturated carbocycles. The molecule has 1 aliphatic heterocycles. The lowest BCUT2D eigenvalue weighted by Crippen LogP contribution is -2.31. The van der Waals surface area contributed by atoms with Crippen LogP contribution in [0.15, 0.2) is 18.2 Å². The smallest absolute Gasteiger partial charge is 0.127 e. The van der Waals surface area contributed by atoms with Gasteiger partial charge in [-0.3, -0.25) is 0 Å². The second-order valence-electron chi connectivity index (χ2n) is 6.17. The molecule has 0 aromatic heterocycles. The summed E-state index contributed by atoms with van der Waals surface area (Å²) in [5, 5.41) is 3.72. The minimum absolute atomic E-state index is 0.434. The lowest BCUT2D eigenvalue weighted by Gasteiger charge is -2.39. The Bertz CT molecular complexity index is 466. The number of methoxy groups -OCH3 is 2. The Kier molecular flexibility index (Phi) is 3.88. The van der Waals surface area contributed by atoms with Gasteiger partial charge in [-0.1, -0.05) is 25.3 Å². The van der Waals surface area contributed by atoms with Crippen LogP contribution in [0.4, 0.5) is 0 Å². The summed E-state index contributed by atoms with van der Waals surface area (Å²) in [6.45, 7) is 1.12. The Morgan fingerprint density at radius 2 is 1.85 bits per heavy atom. The summed E-state index contributed by atoms with van der Waals surface area (Å²) < 4.78 is 10.9. The zero-order valence-electron chi connectivity index (χ0n) is 12.6. The largest absolute Gasteiger partial charge is 0.497 e. The van der Waals surface area contributed by atoms with Crippen LogP contribution >= 0.6 is 0 Å². The van der Waals surface area contributed by atoms with E-state index < -0.39 is 0 Å². The van der Waals surface area contributed by atoms with Gasteiger partial charge in [-0.05, 0) is 37.3 Å². The molecule has 2 aliphatic rings. The molecule has 1 spiro atoms. The van der Waals surface area contributed by atoms with Gasteiger partial charge < -0.3 is 14.8 Å². The molecule has 1 atom stereocenters. The molecule has 3 heteroatoms. The number of nitrogens with one attached hydrogen (secondary N) is 1. The van der Waals surface area contributed by atoms with Gasteiger partial charge in [-0.2, -0.15) is 0 Å². The summed E-state index contributed by atoms with van der Waals surface area (Å²) in [6.07, 6.45) is 8.13. The van der Waals surface area contributed by atoms with E-state index in [9.17, 15) is 0 Å². The number of hydrogen-bond donors (Lipinski definition) is 1. The van der Waals surface area contributed by atoms with E-state index in [1.165, 1.54) is 44.1 Å². The van der Waals surface area contributed by atoms with E-state index in [2.05, 4.69) is 11.4 Å². The van der Waals surface area contributed by atoms with Crippen LogP contribution in [0, 0.1) is 5.41 Å². The Hall–Kier alpha value is -1.22. The highest BCUT2D eigenvalue weighted by Gasteiger charge is 2.44. The van der Waals surface area contributed by atoms with E-state index in [1.807, 2.05) is 12.1 Å². The maximum absolute atomic E-state index is 5.61. The van der Waals surface area contributed by atoms with Crippen LogP contribution in [0.2, 0.25) is 0 Å². The molecule has 0 radical (unpaired) electrons. The van der Waals surface area contributed by atoms with Gasteiger partial charge in [0, 0.05) is 17.7 Å². The quantitative estimate of drug-likeness (QED) is 0.912. The molecule has 20 heavy (non-hydrogen) atoms. The van der Waals surface area contributed by atoms with Crippen molar-refractivity contribution in [1.29, 1.82) is 0 Å². The number of rotatable bonds is 3. The summed E-state index contributed by atoms with van der Waals surface area (Å²) in [5.41, 5.74) is 1.74. The highest BCUT2D eigenvalue weighted by Crippen LogP contribution is 2.53. The van der Waals surface area contributed by atoms with Gasteiger partial charge >= 0.3 is 0 Å². The maximum Gasteiger partial charge on any atom is 0.127 e. The Morgan fingerprint density at radius 3 is 2.55 bits per heavy atom. The van der Waals surface area contributed by atoms with Gasteiger partial charge in [0.05, 0.1) is 14.2 Å². The molecule has 2 fully saturated rings. The monoisotopic (exact) mass is 275 g/mol. The first-order valence-electron chi connectivity index (χ1n) is 7.74. The van der Waals surface area contributed by atoms with E-state index in [-0.39, 0.29) is 0 Å². The first-order chi connectivity index (χ1) is 9.79. The van der Waals surface area contributed by atoms with Crippen LogP contribution in [-0.4, -0.2) is 20.8 Å². The standard InChI is InChI=1S/C17H25NO2/c1-19-13-6-7-14(15(12-13)20-2)16-17(10-11-18-16)8-4-3-5-9-17/h6-7,12,16,18H,3-5,8-11H2,1-2H3. The minimum atomic E-state index is 0.434. The minimum Gasteiger partial charge on any atom is -0.497 e. The average Bonchev–Trinajstić information content (AvgIpc) is 2.90. The van der Waals surface area contributed by atoms with Gasteiger partial charge in [0.1, 0.15) is 11.5 Å². The molecule has 0 amide bonds. The fourth-order valence-electron chi connectivity index (χ4n) is 4.12. The molecule has 3 rings (SSSR count). The molecule has 1 aromatic rings. The van der Waals surface area contributed by atoms with Gasteiger partial charge in [0.15, 0.2) is 0 Å². The van der Waals surface area contributed by atoms with Crippen molar-refractivity contribution in [2.75, 3.05) is 20.8 Å². The lowest BCUT2D eigenvalue weighted by molar-refractivity contribution is 0.162. The second-order valence-corrected chi connectivity index (χ2v) is 6.17. The van der Waals surface area contributed by atoms with Crippen LogP contribution in [0.25, 0.3) is 0 Å². The van der Waals surface area contributed by atoms with Crippen LogP contribution < -0.4 is 14.8 Å². The average molecular weight is 275 g/mol. The van der Waals surface area contributed by atoms with Gasteiger partial charge in [-0.15, -0.1) is 0 Å². The Balaban J connectivity index is 1.94. The predicted octanol–water partition coefficient (Wildman–Crippen LogP) is 3.69. The molecule has 1 N–H and O–H groups in total. The van der Waals surface area contributed by atoms with Crippen molar-refractivity contribution in [3.63, 3.8) is 0 Å². The van der Waals surface area contributed by atoms with E-state index >= 15 is 0 Å². The summed E-state index contributed by atoms with van der Waals surface area (Å²) in [5.74, 6) is 1.81. The normalized spacial score (nSPS) is 24.8. The summed E-state index contributed by atoms with van der Waals surface area (Å²) >= 11 is 0. The summed E-state index contributed by atoms with van der Waals surface area (Å²) in [6, 6.07) is 6.67. The SMILES string of the molecule is COc1ccc(C2NCCC23CCCCC3)c(OC)c1. The van der Waals surface area contributed by atoms with Crippen LogP contribution in [0.5, 0.6) is 11.5 Å². The highest BCUT2D eigenvalue weighted by atomic mass is 16.5. The van der Waals surface area contributed by atoms with Gasteiger partial charge in [0.25, 0.3) is 0 Å². The molecule has 110 valence electrons. The van der Waals surface area contributed by atoms with Crippen molar-refractivity contribution in [3.05, 3.63) is 23.8 Å². The lowest BCUT2D eigenvalue weighted by atomic mass is 9.67. The van der Waals surface area contributed by atoms with E-state index in [4.69, 9.17) is 9.47 Å². The third-order valence-electron chi connectivity index (χ3n) is 5.18. The van der Waals surface area contributed by atoms with E-state index in [0.717, 1.165) is 18.0 Å². The first kappa shape index (κ1) is 13.7. The molecule has 3 nitrogen and oxygen atoms in total. The number of ether oxygens (including phenoxy) is 2. The first-order valence-corrected chi connectivity index (χ1v) is 7.74. The van der Waals surface area contributed by atoms with Crippen molar-refractivity contribution in [1.82, 2.24) is 5.32 Å². The summed E-state index contributed by atoms with van der Waals surface area (Å²) in [4.78, 5) is 0. The Labute approximate surface area is 121 Å². The topological polar surface area (TPSA) is 30.5 Å². The van der Waals surface area contributed by atoms with Crippen molar-refractivity contribution < 1.29 is 9.47 Å². The van der Waals surface area contributed by atoms with Gasteiger partial charge in [-0.25, -0.2) is 0 Å². The molecule has 1 unspecified atom stereocenters. The second kappa shape index (κ2) is 5.65. The molecule has 1 aromatic carbocycles. The predicted molar refractivity (Wildman–Crippen MR) is 80.4 cm³/mol. The zero-order valence-corrected chi connectivity index (χ0v) is 12.6. The zero-order chi connectivity index (χ0) is 14.0. The maximum atomic E-state index is 5.61. The third-order valence-corrected chi connectivity index (χ3v) is 5.18. The molecule has 1 aliphatic carbocycles. The van der Waals surface area contributed by atoms with Gasteiger partial charge in [0.2, 0.25) is 0 Å². The van der Waals surface area contributed by atoms with E-state index in [0.29, 0.717) is 11.5 Å². The Morgan fingerprint density at radius 1 is 1.05 bits per heavy atom. The fourth-order valence-corrected chi connectivity index (χ4v) is 4.12. The molecule has 1 saturated heterocycles. The molecule has 0 bridgehead atoms. The van der Waals surface area contributed by atoms with Crippen LogP contribution in [0.1, 0.15) is 50.1 Å². The third kappa shape index (κ3) is 2.28. The van der Waals surface area contributed by atoms with Crippen molar-refractivity contribution in [2.45, 2.75) is 44.6 Å². The van der Waals surface area contributed by atoms with Crippen molar-refractivity contribution in [3.8, 4) is 11.5 Å². The molecular weight excluding hydrogens is 250 g/mol. The summed E-state index contributed by atoms with van der Waals surface area (Å²) in [7, 11) is 3.45. The number of benzene rings is 1.